The quantitative estimate of drug-likeness (QED) is 0.624. The maximum Gasteiger partial charge on any atom is 0.262 e. The second kappa shape index (κ2) is 5.01. The third-order valence-electron chi connectivity index (χ3n) is 3.82. The van der Waals surface area contributed by atoms with Gasteiger partial charge in [-0.15, -0.1) is 10.2 Å². The van der Waals surface area contributed by atoms with E-state index in [1.807, 2.05) is 43.5 Å². The van der Waals surface area contributed by atoms with Crippen LogP contribution in [-0.4, -0.2) is 34.7 Å². The minimum Gasteiger partial charge on any atom is -0.339 e. The summed E-state index contributed by atoms with van der Waals surface area (Å²) in [5.74, 6) is 2.30. The first-order valence-electron chi connectivity index (χ1n) is 7.37. The van der Waals surface area contributed by atoms with Crippen molar-refractivity contribution in [3.63, 3.8) is 0 Å². The van der Waals surface area contributed by atoms with E-state index >= 15 is 0 Å². The Hall–Kier alpha value is -3.03. The average Bonchev–Trinajstić information content (AvgIpc) is 3.26. The second-order valence-electron chi connectivity index (χ2n) is 5.30. The smallest absolute Gasteiger partial charge is 0.262 e. The van der Waals surface area contributed by atoms with Gasteiger partial charge in [0.15, 0.2) is 11.5 Å². The minimum absolute atomic E-state index is 0.396. The number of nitrogens with one attached hydrogen (secondary N) is 1. The van der Waals surface area contributed by atoms with Crippen molar-refractivity contribution < 1.29 is 4.52 Å². The first-order valence-corrected chi connectivity index (χ1v) is 7.37. The molecule has 0 aromatic carbocycles. The highest BCUT2D eigenvalue weighted by molar-refractivity contribution is 5.72. The molecule has 116 valence electrons. The monoisotopic (exact) mass is 309 g/mol. The number of pyridine rings is 1. The van der Waals surface area contributed by atoms with Crippen molar-refractivity contribution >= 4 is 5.65 Å². The highest BCUT2D eigenvalue weighted by atomic mass is 16.5. The predicted molar refractivity (Wildman–Crippen MR) is 82.7 cm³/mol. The summed E-state index contributed by atoms with van der Waals surface area (Å²) < 4.78 is 7.33. The third-order valence-corrected chi connectivity index (χ3v) is 3.82. The highest BCUT2D eigenvalue weighted by Gasteiger charge is 2.18. The topological polar surface area (TPSA) is 97.8 Å². The molecule has 0 saturated carbocycles. The maximum absolute atomic E-state index is 5.40. The molecule has 0 aliphatic carbocycles. The fraction of sp³-hybridized carbons (Fsp3) is 0.267. The molecule has 0 amide bonds. The number of aromatic nitrogens is 7. The number of nitrogens with zero attached hydrogens (tertiary/aromatic N) is 6. The molecule has 0 aliphatic rings. The third kappa shape index (κ3) is 2.10. The van der Waals surface area contributed by atoms with Gasteiger partial charge in [0.05, 0.1) is 11.3 Å². The molecule has 8 heteroatoms. The molecule has 0 radical (unpaired) electrons. The molecule has 0 atom stereocenters. The van der Waals surface area contributed by atoms with Gasteiger partial charge in [-0.2, -0.15) is 4.98 Å². The fourth-order valence-corrected chi connectivity index (χ4v) is 2.45. The Balaban J connectivity index is 1.81. The Morgan fingerprint density at radius 2 is 2.09 bits per heavy atom. The van der Waals surface area contributed by atoms with Crippen LogP contribution in [0.3, 0.4) is 0 Å². The van der Waals surface area contributed by atoms with Crippen molar-refractivity contribution in [1.29, 1.82) is 0 Å². The van der Waals surface area contributed by atoms with Gasteiger partial charge < -0.3 is 9.51 Å². The number of rotatable bonds is 3. The van der Waals surface area contributed by atoms with E-state index in [0.717, 1.165) is 29.2 Å². The second-order valence-corrected chi connectivity index (χ2v) is 5.30. The van der Waals surface area contributed by atoms with Crippen molar-refractivity contribution in [3.8, 4) is 23.1 Å². The zero-order valence-corrected chi connectivity index (χ0v) is 13.0. The van der Waals surface area contributed by atoms with Crippen molar-refractivity contribution in [1.82, 2.24) is 34.7 Å². The predicted octanol–water partition coefficient (Wildman–Crippen LogP) is 2.35. The molecule has 8 nitrogen and oxygen atoms in total. The lowest BCUT2D eigenvalue weighted by Crippen LogP contribution is -1.93. The maximum atomic E-state index is 5.40. The van der Waals surface area contributed by atoms with Crippen LogP contribution in [0.1, 0.15) is 24.1 Å². The van der Waals surface area contributed by atoms with Crippen molar-refractivity contribution in [2.24, 2.45) is 0 Å². The molecule has 0 bridgehead atoms. The summed E-state index contributed by atoms with van der Waals surface area (Å²) in [5, 5.41) is 12.4. The van der Waals surface area contributed by atoms with Crippen LogP contribution >= 0.6 is 0 Å². The lowest BCUT2D eigenvalue weighted by atomic mass is 10.2. The van der Waals surface area contributed by atoms with Crippen LogP contribution in [0.15, 0.2) is 22.9 Å². The fourth-order valence-electron chi connectivity index (χ4n) is 2.45. The van der Waals surface area contributed by atoms with Gasteiger partial charge in [0, 0.05) is 18.3 Å². The van der Waals surface area contributed by atoms with E-state index in [-0.39, 0.29) is 0 Å². The molecule has 0 fully saturated rings. The largest absolute Gasteiger partial charge is 0.339 e. The SMILES string of the molecule is CCc1nnc2c(-c3nc(-c4nc(C)c(C)[nH]4)no3)cccn12. The molecule has 0 spiro atoms. The molecule has 0 saturated heterocycles. The summed E-state index contributed by atoms with van der Waals surface area (Å²) in [5.41, 5.74) is 3.35. The molecule has 4 aromatic rings. The zero-order valence-electron chi connectivity index (χ0n) is 13.0. The van der Waals surface area contributed by atoms with Crippen molar-refractivity contribution in [3.05, 3.63) is 35.5 Å². The van der Waals surface area contributed by atoms with Crippen LogP contribution in [0, 0.1) is 13.8 Å². The molecular weight excluding hydrogens is 294 g/mol. The summed E-state index contributed by atoms with van der Waals surface area (Å²) >= 11 is 0. The standard InChI is InChI=1S/C15H15N7O/c1-4-11-19-20-14-10(6-5-7-22(11)14)15-18-13(21-23-15)12-16-8(2)9(3)17-12/h5-7H,4H2,1-3H3,(H,16,17). The van der Waals surface area contributed by atoms with Crippen LogP contribution in [0.25, 0.3) is 28.8 Å². The van der Waals surface area contributed by atoms with Gasteiger partial charge in [-0.05, 0) is 26.0 Å². The van der Waals surface area contributed by atoms with Gasteiger partial charge >= 0.3 is 0 Å². The summed E-state index contributed by atoms with van der Waals surface area (Å²) in [6.45, 7) is 5.92. The van der Waals surface area contributed by atoms with E-state index in [0.29, 0.717) is 23.2 Å². The van der Waals surface area contributed by atoms with Crippen molar-refractivity contribution in [2.75, 3.05) is 0 Å². The zero-order chi connectivity index (χ0) is 16.0. The molecule has 23 heavy (non-hydrogen) atoms. The highest BCUT2D eigenvalue weighted by Crippen LogP contribution is 2.24. The lowest BCUT2D eigenvalue weighted by molar-refractivity contribution is 0.432. The summed E-state index contributed by atoms with van der Waals surface area (Å²) in [6.07, 6.45) is 2.72. The number of imidazole rings is 1. The van der Waals surface area contributed by atoms with E-state index in [9.17, 15) is 0 Å². The first kappa shape index (κ1) is 13.6. The van der Waals surface area contributed by atoms with Crippen LogP contribution in [0.2, 0.25) is 0 Å². The van der Waals surface area contributed by atoms with Gasteiger partial charge in [0.2, 0.25) is 5.82 Å². The Kier molecular flexibility index (Phi) is 2.97. The molecule has 4 rings (SSSR count). The van der Waals surface area contributed by atoms with Gasteiger partial charge in [-0.3, -0.25) is 4.40 Å². The van der Waals surface area contributed by atoms with Gasteiger partial charge in [-0.1, -0.05) is 12.1 Å². The van der Waals surface area contributed by atoms with E-state index in [2.05, 4.69) is 30.3 Å². The first-order chi connectivity index (χ1) is 11.2. The van der Waals surface area contributed by atoms with Crippen LogP contribution in [0.5, 0.6) is 0 Å². The molecule has 0 aliphatic heterocycles. The van der Waals surface area contributed by atoms with E-state index in [1.54, 1.807) is 0 Å². The Morgan fingerprint density at radius 1 is 1.22 bits per heavy atom. The van der Waals surface area contributed by atoms with Crippen LogP contribution < -0.4 is 0 Å². The number of aryl methyl sites for hydroxylation is 3. The molecule has 1 N–H and O–H groups in total. The Morgan fingerprint density at radius 3 is 2.83 bits per heavy atom. The van der Waals surface area contributed by atoms with E-state index in [1.165, 1.54) is 0 Å². The molecule has 4 heterocycles. The number of H-pyrrole nitrogens is 1. The molecule has 0 unspecified atom stereocenters. The molecular formula is C15H15N7O. The van der Waals surface area contributed by atoms with Crippen LogP contribution in [0.4, 0.5) is 0 Å². The van der Waals surface area contributed by atoms with E-state index in [4.69, 9.17) is 4.52 Å². The van der Waals surface area contributed by atoms with E-state index < -0.39 is 0 Å². The summed E-state index contributed by atoms with van der Waals surface area (Å²) in [4.78, 5) is 12.0. The van der Waals surface area contributed by atoms with Gasteiger partial charge in [-0.25, -0.2) is 4.98 Å². The normalized spacial score (nSPS) is 11.4. The molecule has 4 aromatic heterocycles. The summed E-state index contributed by atoms with van der Waals surface area (Å²) in [6, 6.07) is 3.80. The summed E-state index contributed by atoms with van der Waals surface area (Å²) in [7, 11) is 0. The number of hydrogen-bond donors (Lipinski definition) is 1. The number of aromatic amines is 1. The number of fused-ring (bicyclic) bond motifs is 1. The minimum atomic E-state index is 0.396. The number of hydrogen-bond acceptors (Lipinski definition) is 6. The van der Waals surface area contributed by atoms with Gasteiger partial charge in [0.1, 0.15) is 5.82 Å². The lowest BCUT2D eigenvalue weighted by Gasteiger charge is -1.98. The van der Waals surface area contributed by atoms with Crippen molar-refractivity contribution in [2.45, 2.75) is 27.2 Å². The Bertz CT molecular complexity index is 975. The van der Waals surface area contributed by atoms with Crippen LogP contribution in [-0.2, 0) is 6.42 Å². The average molecular weight is 309 g/mol. The van der Waals surface area contributed by atoms with Gasteiger partial charge in [0.25, 0.3) is 5.89 Å². The Labute approximate surface area is 131 Å².